The van der Waals surface area contributed by atoms with Crippen molar-refractivity contribution in [2.75, 3.05) is 13.1 Å². The lowest BCUT2D eigenvalue weighted by Gasteiger charge is -2.16. The Bertz CT molecular complexity index is 551. The molecule has 1 heterocycles. The summed E-state index contributed by atoms with van der Waals surface area (Å²) in [6, 6.07) is 10.2. The van der Waals surface area contributed by atoms with Gasteiger partial charge in [0.05, 0.1) is 0 Å². The van der Waals surface area contributed by atoms with Gasteiger partial charge in [0.15, 0.2) is 0 Å². The maximum absolute atomic E-state index is 11.7. The number of amides is 1. The summed E-state index contributed by atoms with van der Waals surface area (Å²) in [6.45, 7) is 5.52. The van der Waals surface area contributed by atoms with E-state index in [-0.39, 0.29) is 11.9 Å². The van der Waals surface area contributed by atoms with Crippen molar-refractivity contribution < 1.29 is 4.79 Å². The monoisotopic (exact) mass is 272 g/mol. The van der Waals surface area contributed by atoms with Gasteiger partial charge in [-0.25, -0.2) is 0 Å². The van der Waals surface area contributed by atoms with Crippen LogP contribution in [0.1, 0.15) is 34.6 Å². The van der Waals surface area contributed by atoms with Crippen LogP contribution in [0.2, 0.25) is 0 Å². The lowest BCUT2D eigenvalue weighted by molar-refractivity contribution is 0.0948. The van der Waals surface area contributed by atoms with Crippen molar-refractivity contribution in [1.82, 2.24) is 20.8 Å². The van der Waals surface area contributed by atoms with Gasteiger partial charge in [0, 0.05) is 25.3 Å². The SMILES string of the molecule is Cc1ccccc1C(C)NCCNC(=O)c1ccn[nH]1. The first-order valence-electron chi connectivity index (χ1n) is 6.75. The van der Waals surface area contributed by atoms with E-state index in [1.54, 1.807) is 12.3 Å². The Morgan fingerprint density at radius 3 is 2.80 bits per heavy atom. The van der Waals surface area contributed by atoms with E-state index in [9.17, 15) is 4.79 Å². The lowest BCUT2D eigenvalue weighted by Crippen LogP contribution is -2.33. The van der Waals surface area contributed by atoms with E-state index < -0.39 is 0 Å². The van der Waals surface area contributed by atoms with Gasteiger partial charge < -0.3 is 10.6 Å². The van der Waals surface area contributed by atoms with Crippen LogP contribution in [0.15, 0.2) is 36.5 Å². The van der Waals surface area contributed by atoms with Crippen molar-refractivity contribution >= 4 is 5.91 Å². The fourth-order valence-electron chi connectivity index (χ4n) is 2.12. The van der Waals surface area contributed by atoms with E-state index in [2.05, 4.69) is 46.8 Å². The number of aromatic amines is 1. The van der Waals surface area contributed by atoms with Crippen molar-refractivity contribution in [1.29, 1.82) is 0 Å². The van der Waals surface area contributed by atoms with Gasteiger partial charge in [0.2, 0.25) is 0 Å². The quantitative estimate of drug-likeness (QED) is 0.702. The second-order valence-corrected chi connectivity index (χ2v) is 4.76. The maximum atomic E-state index is 11.7. The largest absolute Gasteiger partial charge is 0.349 e. The number of benzene rings is 1. The topological polar surface area (TPSA) is 69.8 Å². The Morgan fingerprint density at radius 1 is 1.30 bits per heavy atom. The molecule has 0 spiro atoms. The molecule has 1 atom stereocenters. The number of hydrogen-bond donors (Lipinski definition) is 3. The number of carbonyl (C=O) groups excluding carboxylic acids is 1. The van der Waals surface area contributed by atoms with Crippen LogP contribution < -0.4 is 10.6 Å². The third-order valence-corrected chi connectivity index (χ3v) is 3.26. The number of H-pyrrole nitrogens is 1. The number of aromatic nitrogens is 2. The van der Waals surface area contributed by atoms with E-state index in [0.717, 1.165) is 6.54 Å². The smallest absolute Gasteiger partial charge is 0.269 e. The van der Waals surface area contributed by atoms with Crippen LogP contribution in [0.3, 0.4) is 0 Å². The van der Waals surface area contributed by atoms with E-state index >= 15 is 0 Å². The molecule has 1 aromatic carbocycles. The maximum Gasteiger partial charge on any atom is 0.269 e. The van der Waals surface area contributed by atoms with Crippen molar-refractivity contribution in [3.05, 3.63) is 53.3 Å². The fourth-order valence-corrected chi connectivity index (χ4v) is 2.12. The van der Waals surface area contributed by atoms with Crippen molar-refractivity contribution in [3.8, 4) is 0 Å². The van der Waals surface area contributed by atoms with Gasteiger partial charge in [0.25, 0.3) is 5.91 Å². The number of nitrogens with one attached hydrogen (secondary N) is 3. The molecule has 106 valence electrons. The van der Waals surface area contributed by atoms with Crippen LogP contribution in [0.5, 0.6) is 0 Å². The Morgan fingerprint density at radius 2 is 2.10 bits per heavy atom. The average Bonchev–Trinajstić information content (AvgIpc) is 2.98. The molecule has 1 aromatic heterocycles. The van der Waals surface area contributed by atoms with Gasteiger partial charge in [-0.2, -0.15) is 5.10 Å². The normalized spacial score (nSPS) is 12.1. The molecule has 1 amide bonds. The zero-order chi connectivity index (χ0) is 14.4. The molecule has 2 aromatic rings. The van der Waals surface area contributed by atoms with Crippen LogP contribution in [0, 0.1) is 6.92 Å². The number of nitrogens with zero attached hydrogens (tertiary/aromatic N) is 1. The molecule has 0 radical (unpaired) electrons. The minimum atomic E-state index is -0.132. The van der Waals surface area contributed by atoms with Crippen molar-refractivity contribution in [3.63, 3.8) is 0 Å². The van der Waals surface area contributed by atoms with Crippen LogP contribution in [-0.4, -0.2) is 29.2 Å². The van der Waals surface area contributed by atoms with Crippen LogP contribution in [0.4, 0.5) is 0 Å². The molecule has 0 aliphatic carbocycles. The Balaban J connectivity index is 1.74. The highest BCUT2D eigenvalue weighted by Gasteiger charge is 2.08. The first-order valence-corrected chi connectivity index (χ1v) is 6.75. The predicted octanol–water partition coefficient (Wildman–Crippen LogP) is 1.80. The minimum Gasteiger partial charge on any atom is -0.349 e. The summed E-state index contributed by atoms with van der Waals surface area (Å²) in [5, 5.41) is 12.6. The summed E-state index contributed by atoms with van der Waals surface area (Å²) in [5.74, 6) is -0.132. The van der Waals surface area contributed by atoms with Gasteiger partial charge in [-0.15, -0.1) is 0 Å². The molecule has 3 N–H and O–H groups in total. The molecule has 0 saturated heterocycles. The summed E-state index contributed by atoms with van der Waals surface area (Å²) in [4.78, 5) is 11.7. The molecule has 5 nitrogen and oxygen atoms in total. The molecule has 1 unspecified atom stereocenters. The number of rotatable bonds is 6. The highest BCUT2D eigenvalue weighted by molar-refractivity contribution is 5.92. The standard InChI is InChI=1S/C15H20N4O/c1-11-5-3-4-6-13(11)12(2)16-9-10-17-15(20)14-7-8-18-19-14/h3-8,12,16H,9-10H2,1-2H3,(H,17,20)(H,18,19). The van der Waals surface area contributed by atoms with Gasteiger partial charge in [-0.3, -0.25) is 9.89 Å². The first kappa shape index (κ1) is 14.3. The van der Waals surface area contributed by atoms with E-state index in [0.29, 0.717) is 12.2 Å². The molecule has 2 rings (SSSR count). The summed E-state index contributed by atoms with van der Waals surface area (Å²) in [5.41, 5.74) is 3.04. The van der Waals surface area contributed by atoms with Gasteiger partial charge in [-0.1, -0.05) is 24.3 Å². The lowest BCUT2D eigenvalue weighted by atomic mass is 10.0. The summed E-state index contributed by atoms with van der Waals surface area (Å²) < 4.78 is 0. The zero-order valence-electron chi connectivity index (χ0n) is 11.8. The molecule has 20 heavy (non-hydrogen) atoms. The highest BCUT2D eigenvalue weighted by atomic mass is 16.1. The molecule has 0 aliphatic heterocycles. The zero-order valence-corrected chi connectivity index (χ0v) is 11.8. The van der Waals surface area contributed by atoms with Crippen LogP contribution >= 0.6 is 0 Å². The minimum absolute atomic E-state index is 0.132. The summed E-state index contributed by atoms with van der Waals surface area (Å²) >= 11 is 0. The van der Waals surface area contributed by atoms with Crippen LogP contribution in [0.25, 0.3) is 0 Å². The Labute approximate surface area is 118 Å². The van der Waals surface area contributed by atoms with E-state index in [4.69, 9.17) is 0 Å². The van der Waals surface area contributed by atoms with Gasteiger partial charge in [-0.05, 0) is 31.0 Å². The predicted molar refractivity (Wildman–Crippen MR) is 78.5 cm³/mol. The number of hydrogen-bond acceptors (Lipinski definition) is 3. The second-order valence-electron chi connectivity index (χ2n) is 4.76. The average molecular weight is 272 g/mol. The Kier molecular flexibility index (Phi) is 4.90. The van der Waals surface area contributed by atoms with Crippen molar-refractivity contribution in [2.24, 2.45) is 0 Å². The number of aryl methyl sites for hydroxylation is 1. The first-order chi connectivity index (χ1) is 9.68. The van der Waals surface area contributed by atoms with Gasteiger partial charge >= 0.3 is 0 Å². The highest BCUT2D eigenvalue weighted by Crippen LogP contribution is 2.15. The molecule has 0 aliphatic rings. The second kappa shape index (κ2) is 6.86. The summed E-state index contributed by atoms with van der Waals surface area (Å²) in [7, 11) is 0. The van der Waals surface area contributed by atoms with Gasteiger partial charge in [0.1, 0.15) is 5.69 Å². The molecule has 0 bridgehead atoms. The van der Waals surface area contributed by atoms with E-state index in [1.165, 1.54) is 11.1 Å². The third kappa shape index (κ3) is 3.68. The third-order valence-electron chi connectivity index (χ3n) is 3.26. The molecule has 0 fully saturated rings. The summed E-state index contributed by atoms with van der Waals surface area (Å²) in [6.07, 6.45) is 1.56. The molecule has 0 saturated carbocycles. The van der Waals surface area contributed by atoms with Crippen LogP contribution in [-0.2, 0) is 0 Å². The van der Waals surface area contributed by atoms with E-state index in [1.807, 2.05) is 12.1 Å². The molecule has 5 heteroatoms. The Hall–Kier alpha value is -2.14. The number of carbonyl (C=O) groups is 1. The fraction of sp³-hybridized carbons (Fsp3) is 0.333. The molecular formula is C15H20N4O. The van der Waals surface area contributed by atoms with Crippen molar-refractivity contribution in [2.45, 2.75) is 19.9 Å². The molecular weight excluding hydrogens is 252 g/mol.